The molecule has 0 aliphatic rings. The molecule has 1 N–H and O–H groups in total. The van der Waals surface area contributed by atoms with E-state index in [0.29, 0.717) is 5.69 Å². The lowest BCUT2D eigenvalue weighted by Crippen LogP contribution is -2.37. The van der Waals surface area contributed by atoms with Crippen LogP contribution in [0.25, 0.3) is 0 Å². The summed E-state index contributed by atoms with van der Waals surface area (Å²) in [7, 11) is -3.72. The molecule has 0 saturated heterocycles. The molecule has 0 fully saturated rings. The summed E-state index contributed by atoms with van der Waals surface area (Å²) in [6.07, 6.45) is -3.84. The van der Waals surface area contributed by atoms with Crippen LogP contribution in [0.15, 0.2) is 48.5 Å². The largest absolute Gasteiger partial charge is 0.573 e. The Morgan fingerprint density at radius 2 is 1.63 bits per heavy atom. The van der Waals surface area contributed by atoms with E-state index in [1.807, 2.05) is 6.92 Å². The second kappa shape index (κ2) is 7.87. The number of carbonyl (C=O) groups is 1. The highest BCUT2D eigenvalue weighted by Crippen LogP contribution is 2.24. The van der Waals surface area contributed by atoms with Gasteiger partial charge in [-0.1, -0.05) is 17.7 Å². The van der Waals surface area contributed by atoms with E-state index in [4.69, 9.17) is 0 Å². The minimum Gasteiger partial charge on any atom is -0.406 e. The van der Waals surface area contributed by atoms with Gasteiger partial charge in [0.15, 0.2) is 0 Å². The summed E-state index contributed by atoms with van der Waals surface area (Å²) in [5, 5.41) is 2.43. The molecule has 0 aliphatic heterocycles. The Hall–Kier alpha value is -2.75. The summed E-state index contributed by atoms with van der Waals surface area (Å²) in [5.41, 5.74) is 1.46. The van der Waals surface area contributed by atoms with Gasteiger partial charge in [-0.2, -0.15) is 0 Å². The average molecular weight is 402 g/mol. The SMILES string of the molecule is Cc1ccc(N(CC(=O)Nc2ccc(OC(F)(F)F)cc2)S(C)(=O)=O)cc1. The van der Waals surface area contributed by atoms with E-state index < -0.39 is 34.6 Å². The molecule has 0 bridgehead atoms. The molecule has 0 saturated carbocycles. The normalized spacial score (nSPS) is 11.7. The van der Waals surface area contributed by atoms with Crippen molar-refractivity contribution in [2.45, 2.75) is 13.3 Å². The zero-order valence-electron chi connectivity index (χ0n) is 14.4. The molecule has 146 valence electrons. The first-order valence-corrected chi connectivity index (χ1v) is 9.49. The van der Waals surface area contributed by atoms with Crippen molar-refractivity contribution in [1.82, 2.24) is 0 Å². The van der Waals surface area contributed by atoms with Crippen molar-refractivity contribution in [2.75, 3.05) is 22.4 Å². The highest BCUT2D eigenvalue weighted by molar-refractivity contribution is 7.92. The molecule has 6 nitrogen and oxygen atoms in total. The topological polar surface area (TPSA) is 75.7 Å². The number of anilines is 2. The first kappa shape index (κ1) is 20.6. The summed E-state index contributed by atoms with van der Waals surface area (Å²) < 4.78 is 65.1. The van der Waals surface area contributed by atoms with E-state index >= 15 is 0 Å². The molecule has 1 amide bonds. The number of amides is 1. The number of nitrogens with one attached hydrogen (secondary N) is 1. The molecule has 2 rings (SSSR count). The third-order valence-corrected chi connectivity index (χ3v) is 4.52. The van der Waals surface area contributed by atoms with Crippen LogP contribution < -0.4 is 14.4 Å². The van der Waals surface area contributed by atoms with Gasteiger partial charge in [-0.05, 0) is 43.3 Å². The molecular weight excluding hydrogens is 385 g/mol. The summed E-state index contributed by atoms with van der Waals surface area (Å²) in [5.74, 6) is -1.08. The van der Waals surface area contributed by atoms with E-state index in [2.05, 4.69) is 10.1 Å². The maximum Gasteiger partial charge on any atom is 0.573 e. The monoisotopic (exact) mass is 402 g/mol. The predicted molar refractivity (Wildman–Crippen MR) is 95.1 cm³/mol. The number of rotatable bonds is 6. The fourth-order valence-electron chi connectivity index (χ4n) is 2.18. The van der Waals surface area contributed by atoms with Gasteiger partial charge >= 0.3 is 6.36 Å². The average Bonchev–Trinajstić information content (AvgIpc) is 2.53. The molecule has 0 unspecified atom stereocenters. The lowest BCUT2D eigenvalue weighted by Gasteiger charge is -2.22. The third kappa shape index (κ3) is 6.48. The predicted octanol–water partition coefficient (Wildman–Crippen LogP) is 3.30. The van der Waals surface area contributed by atoms with Crippen LogP contribution in [0.4, 0.5) is 24.5 Å². The lowest BCUT2D eigenvalue weighted by molar-refractivity contribution is -0.274. The lowest BCUT2D eigenvalue weighted by atomic mass is 10.2. The Labute approximate surface area is 154 Å². The van der Waals surface area contributed by atoms with Crippen molar-refractivity contribution in [1.29, 1.82) is 0 Å². The molecular formula is C17H17F3N2O4S. The second-order valence-corrected chi connectivity index (χ2v) is 7.63. The Bertz CT molecular complexity index is 895. The van der Waals surface area contributed by atoms with E-state index in [1.165, 1.54) is 12.1 Å². The number of nitrogens with zero attached hydrogens (tertiary/aromatic N) is 1. The number of sulfonamides is 1. The fraction of sp³-hybridized carbons (Fsp3) is 0.235. The van der Waals surface area contributed by atoms with E-state index in [9.17, 15) is 26.4 Å². The zero-order chi connectivity index (χ0) is 20.2. The number of ether oxygens (including phenoxy) is 1. The molecule has 10 heteroatoms. The summed E-state index contributed by atoms with van der Waals surface area (Å²) in [6, 6.07) is 11.1. The second-order valence-electron chi connectivity index (χ2n) is 5.73. The first-order valence-electron chi connectivity index (χ1n) is 7.64. The van der Waals surface area contributed by atoms with Gasteiger partial charge in [-0.25, -0.2) is 8.42 Å². The Kier molecular flexibility index (Phi) is 5.99. The van der Waals surface area contributed by atoms with E-state index in [-0.39, 0.29) is 5.69 Å². The Balaban J connectivity index is 2.09. The minimum absolute atomic E-state index is 0.201. The fourth-order valence-corrected chi connectivity index (χ4v) is 3.04. The quantitative estimate of drug-likeness (QED) is 0.805. The number of benzene rings is 2. The van der Waals surface area contributed by atoms with Gasteiger partial charge in [0.05, 0.1) is 11.9 Å². The molecule has 0 radical (unpaired) electrons. The first-order chi connectivity index (χ1) is 12.4. The minimum atomic E-state index is -4.81. The van der Waals surface area contributed by atoms with Crippen molar-refractivity contribution in [3.8, 4) is 5.75 Å². The molecule has 0 aliphatic carbocycles. The number of hydrogen-bond donors (Lipinski definition) is 1. The highest BCUT2D eigenvalue weighted by Gasteiger charge is 2.31. The smallest absolute Gasteiger partial charge is 0.406 e. The third-order valence-electron chi connectivity index (χ3n) is 3.38. The van der Waals surface area contributed by atoms with Gasteiger partial charge < -0.3 is 10.1 Å². The maximum absolute atomic E-state index is 12.2. The van der Waals surface area contributed by atoms with Crippen molar-refractivity contribution in [3.63, 3.8) is 0 Å². The molecule has 2 aromatic rings. The summed E-state index contributed by atoms with van der Waals surface area (Å²) >= 11 is 0. The molecule has 2 aromatic carbocycles. The number of aryl methyl sites for hydroxylation is 1. The number of carbonyl (C=O) groups excluding carboxylic acids is 1. The zero-order valence-corrected chi connectivity index (χ0v) is 15.3. The molecule has 0 heterocycles. The van der Waals surface area contributed by atoms with Gasteiger partial charge in [0, 0.05) is 5.69 Å². The van der Waals surface area contributed by atoms with Crippen molar-refractivity contribution in [3.05, 3.63) is 54.1 Å². The number of halogens is 3. The van der Waals surface area contributed by atoms with Crippen LogP contribution >= 0.6 is 0 Å². The summed E-state index contributed by atoms with van der Waals surface area (Å²) in [6.45, 7) is 1.36. The Morgan fingerprint density at radius 1 is 1.07 bits per heavy atom. The number of hydrogen-bond acceptors (Lipinski definition) is 4. The molecule has 0 aromatic heterocycles. The van der Waals surface area contributed by atoms with Crippen LogP contribution in [0.3, 0.4) is 0 Å². The number of alkyl halides is 3. The standard InChI is InChI=1S/C17H17F3N2O4S/c1-12-3-7-14(8-4-12)22(27(2,24)25)11-16(23)21-13-5-9-15(10-6-13)26-17(18,19)20/h3-10H,11H2,1-2H3,(H,21,23). The van der Waals surface area contributed by atoms with E-state index in [1.54, 1.807) is 24.3 Å². The van der Waals surface area contributed by atoms with Gasteiger partial charge in [0.1, 0.15) is 12.3 Å². The van der Waals surface area contributed by atoms with Crippen LogP contribution in [0.5, 0.6) is 5.75 Å². The van der Waals surface area contributed by atoms with Crippen LogP contribution in [0.1, 0.15) is 5.56 Å². The van der Waals surface area contributed by atoms with Crippen LogP contribution in [-0.4, -0.2) is 33.5 Å². The van der Waals surface area contributed by atoms with Gasteiger partial charge in [-0.3, -0.25) is 9.10 Å². The van der Waals surface area contributed by atoms with Crippen molar-refractivity contribution >= 4 is 27.3 Å². The molecule has 27 heavy (non-hydrogen) atoms. The maximum atomic E-state index is 12.2. The Morgan fingerprint density at radius 3 is 2.11 bits per heavy atom. The van der Waals surface area contributed by atoms with Gasteiger partial charge in [0.25, 0.3) is 0 Å². The van der Waals surface area contributed by atoms with Crippen molar-refractivity contribution < 1.29 is 31.1 Å². The highest BCUT2D eigenvalue weighted by atomic mass is 32.2. The van der Waals surface area contributed by atoms with Gasteiger partial charge in [0.2, 0.25) is 15.9 Å². The van der Waals surface area contributed by atoms with Gasteiger partial charge in [-0.15, -0.1) is 13.2 Å². The van der Waals surface area contributed by atoms with Crippen LogP contribution in [0.2, 0.25) is 0 Å². The van der Waals surface area contributed by atoms with E-state index in [0.717, 1.165) is 28.3 Å². The van der Waals surface area contributed by atoms with Crippen molar-refractivity contribution in [2.24, 2.45) is 0 Å². The van der Waals surface area contributed by atoms with Crippen LogP contribution in [0, 0.1) is 6.92 Å². The molecule has 0 atom stereocenters. The summed E-state index contributed by atoms with van der Waals surface area (Å²) in [4.78, 5) is 12.2. The van der Waals surface area contributed by atoms with Crippen LogP contribution in [-0.2, 0) is 14.8 Å². The molecule has 0 spiro atoms.